The molecule has 1 rings (SSSR count). The lowest BCUT2D eigenvalue weighted by molar-refractivity contribution is -0.388. The molecule has 1 heterocycles. The highest BCUT2D eigenvalue weighted by molar-refractivity contribution is 5.54. The summed E-state index contributed by atoms with van der Waals surface area (Å²) in [5, 5.41) is 15.7. The number of hydrazine groups is 1. The van der Waals surface area contributed by atoms with Gasteiger partial charge in [-0.15, -0.1) is 5.10 Å². The van der Waals surface area contributed by atoms with Crippen LogP contribution in [0.1, 0.15) is 0 Å². The van der Waals surface area contributed by atoms with Crippen molar-refractivity contribution in [2.75, 3.05) is 5.43 Å². The molecule has 0 atom stereocenters. The number of nitrogens with one attached hydrogen (secondary N) is 2. The van der Waals surface area contributed by atoms with Gasteiger partial charge in [0.05, 0.1) is 0 Å². The minimum Gasteiger partial charge on any atom is -0.358 e. The van der Waals surface area contributed by atoms with Crippen LogP contribution in [0.2, 0.25) is 0 Å². The molecule has 0 saturated carbocycles. The molecule has 7 nitrogen and oxygen atoms in total. The quantitative estimate of drug-likeness (QED) is 0.296. The topological polar surface area (TPSA) is 110 Å². The zero-order chi connectivity index (χ0) is 7.56. The van der Waals surface area contributed by atoms with Crippen molar-refractivity contribution in [2.24, 2.45) is 5.84 Å². The van der Waals surface area contributed by atoms with Crippen LogP contribution in [0.3, 0.4) is 0 Å². The van der Waals surface area contributed by atoms with Crippen LogP contribution in [0.15, 0.2) is 6.20 Å². The molecule has 4 N–H and O–H groups in total. The lowest BCUT2D eigenvalue weighted by Gasteiger charge is -1.92. The molecule has 0 radical (unpaired) electrons. The van der Waals surface area contributed by atoms with Gasteiger partial charge in [-0.2, -0.15) is 0 Å². The van der Waals surface area contributed by atoms with Gasteiger partial charge in [0.25, 0.3) is 0 Å². The Kier molecular flexibility index (Phi) is 1.50. The second kappa shape index (κ2) is 2.31. The molecule has 10 heavy (non-hydrogen) atoms. The average Bonchev–Trinajstić information content (AvgIpc) is 2.33. The Morgan fingerprint density at radius 2 is 2.60 bits per heavy atom. The number of nitrogens with two attached hydrogens (primary N) is 1. The SMILES string of the molecule is NNc1cn[nH]c1[N+](=O)[O-]. The van der Waals surface area contributed by atoms with Crippen LogP contribution in [-0.2, 0) is 0 Å². The molecule has 0 amide bonds. The summed E-state index contributed by atoms with van der Waals surface area (Å²) in [7, 11) is 0. The van der Waals surface area contributed by atoms with Crippen LogP contribution in [-0.4, -0.2) is 15.1 Å². The minimum absolute atomic E-state index is 0.171. The molecule has 0 aliphatic heterocycles. The summed E-state index contributed by atoms with van der Waals surface area (Å²) < 4.78 is 0. The number of aromatic nitrogens is 2. The normalized spacial score (nSPS) is 9.30. The van der Waals surface area contributed by atoms with E-state index in [0.717, 1.165) is 0 Å². The zero-order valence-electron chi connectivity index (χ0n) is 4.87. The molecule has 7 heteroatoms. The van der Waals surface area contributed by atoms with Gasteiger partial charge in [0.2, 0.25) is 0 Å². The van der Waals surface area contributed by atoms with Crippen molar-refractivity contribution in [3.63, 3.8) is 0 Å². The third kappa shape index (κ3) is 0.890. The maximum atomic E-state index is 10.1. The number of rotatable bonds is 2. The molecule has 0 aromatic carbocycles. The number of hydrogen-bond acceptors (Lipinski definition) is 5. The van der Waals surface area contributed by atoms with Crippen molar-refractivity contribution in [3.05, 3.63) is 16.3 Å². The summed E-state index contributed by atoms with van der Waals surface area (Å²) in [6.07, 6.45) is 1.23. The van der Waals surface area contributed by atoms with E-state index in [1.165, 1.54) is 6.20 Å². The predicted octanol–water partition coefficient (Wildman–Crippen LogP) is -0.396. The third-order valence-corrected chi connectivity index (χ3v) is 0.957. The first kappa shape index (κ1) is 6.49. The number of hydrogen-bond donors (Lipinski definition) is 3. The molecule has 54 valence electrons. The van der Waals surface area contributed by atoms with Gasteiger partial charge in [-0.25, -0.2) is 0 Å². The van der Waals surface area contributed by atoms with Gasteiger partial charge in [-0.1, -0.05) is 5.10 Å². The van der Waals surface area contributed by atoms with Crippen molar-refractivity contribution < 1.29 is 4.92 Å². The highest BCUT2D eigenvalue weighted by Gasteiger charge is 2.12. The zero-order valence-corrected chi connectivity index (χ0v) is 4.87. The van der Waals surface area contributed by atoms with Gasteiger partial charge >= 0.3 is 5.82 Å². The lowest BCUT2D eigenvalue weighted by Crippen LogP contribution is -2.07. The molecule has 0 aliphatic carbocycles. The third-order valence-electron chi connectivity index (χ3n) is 0.957. The van der Waals surface area contributed by atoms with Crippen LogP contribution in [0.25, 0.3) is 0 Å². The molecular weight excluding hydrogens is 138 g/mol. The lowest BCUT2D eigenvalue weighted by atomic mass is 10.5. The smallest absolute Gasteiger partial charge is 0.358 e. The fourth-order valence-corrected chi connectivity index (χ4v) is 0.524. The summed E-state index contributed by atoms with van der Waals surface area (Å²) in [4.78, 5) is 9.47. The summed E-state index contributed by atoms with van der Waals surface area (Å²) in [6.45, 7) is 0. The van der Waals surface area contributed by atoms with Crippen molar-refractivity contribution in [1.29, 1.82) is 0 Å². The molecule has 0 unspecified atom stereocenters. The molecule has 1 aromatic rings. The van der Waals surface area contributed by atoms with Crippen molar-refractivity contribution in [3.8, 4) is 0 Å². The van der Waals surface area contributed by atoms with Gasteiger partial charge in [0, 0.05) is 0 Å². The number of aromatic amines is 1. The van der Waals surface area contributed by atoms with E-state index in [1.54, 1.807) is 0 Å². The highest BCUT2D eigenvalue weighted by Crippen LogP contribution is 2.17. The number of nitrogens with zero attached hydrogens (tertiary/aromatic N) is 2. The number of H-pyrrole nitrogens is 1. The van der Waals surface area contributed by atoms with E-state index in [-0.39, 0.29) is 11.5 Å². The van der Waals surface area contributed by atoms with Crippen molar-refractivity contribution in [1.82, 2.24) is 10.2 Å². The highest BCUT2D eigenvalue weighted by atomic mass is 16.6. The van der Waals surface area contributed by atoms with E-state index >= 15 is 0 Å². The van der Waals surface area contributed by atoms with Crippen LogP contribution in [0, 0.1) is 10.1 Å². The molecule has 0 spiro atoms. The summed E-state index contributed by atoms with van der Waals surface area (Å²) in [5.74, 6) is 4.68. The van der Waals surface area contributed by atoms with E-state index in [1.807, 2.05) is 0 Å². The average molecular weight is 143 g/mol. The molecule has 1 aromatic heterocycles. The van der Waals surface area contributed by atoms with E-state index in [2.05, 4.69) is 15.6 Å². The van der Waals surface area contributed by atoms with Crippen LogP contribution >= 0.6 is 0 Å². The first-order valence-electron chi connectivity index (χ1n) is 2.40. The second-order valence-electron chi connectivity index (χ2n) is 1.53. The maximum Gasteiger partial charge on any atom is 0.367 e. The molecule has 0 fully saturated rings. The number of anilines is 1. The van der Waals surface area contributed by atoms with Crippen LogP contribution in [0.4, 0.5) is 11.5 Å². The monoisotopic (exact) mass is 143 g/mol. The van der Waals surface area contributed by atoms with Gasteiger partial charge in [-0.05, 0) is 4.92 Å². The Morgan fingerprint density at radius 1 is 1.90 bits per heavy atom. The van der Waals surface area contributed by atoms with Gasteiger partial charge in [0.1, 0.15) is 6.20 Å². The first-order chi connectivity index (χ1) is 4.75. The number of nitrogen functional groups attached to an aromatic ring is 1. The van der Waals surface area contributed by atoms with Crippen molar-refractivity contribution in [2.45, 2.75) is 0 Å². The van der Waals surface area contributed by atoms with Crippen LogP contribution in [0.5, 0.6) is 0 Å². The summed E-state index contributed by atoms with van der Waals surface area (Å²) in [5.41, 5.74) is 2.29. The first-order valence-corrected chi connectivity index (χ1v) is 2.40. The minimum atomic E-state index is -0.609. The largest absolute Gasteiger partial charge is 0.367 e. The van der Waals surface area contributed by atoms with E-state index in [9.17, 15) is 10.1 Å². The van der Waals surface area contributed by atoms with Crippen LogP contribution < -0.4 is 11.3 Å². The van der Waals surface area contributed by atoms with Gasteiger partial charge in [-0.3, -0.25) is 5.84 Å². The van der Waals surface area contributed by atoms with Crippen molar-refractivity contribution >= 4 is 11.5 Å². The fraction of sp³-hybridized carbons (Fsp3) is 0. The standard InChI is InChI=1S/C3H5N5O2/c4-6-2-1-5-7-3(2)8(9)10/h1,6H,4H2,(H,5,7). The van der Waals surface area contributed by atoms with Gasteiger partial charge < -0.3 is 15.5 Å². The van der Waals surface area contributed by atoms with E-state index in [0.29, 0.717) is 0 Å². The Bertz CT molecular complexity index is 243. The molecule has 0 saturated heterocycles. The molecule has 0 aliphatic rings. The predicted molar refractivity (Wildman–Crippen MR) is 33.1 cm³/mol. The van der Waals surface area contributed by atoms with E-state index < -0.39 is 4.92 Å². The molecular formula is C3H5N5O2. The Labute approximate surface area is 55.3 Å². The maximum absolute atomic E-state index is 10.1. The fourth-order valence-electron chi connectivity index (χ4n) is 0.524. The Balaban J connectivity index is 3.01. The Morgan fingerprint density at radius 3 is 3.00 bits per heavy atom. The molecule has 0 bridgehead atoms. The van der Waals surface area contributed by atoms with Gasteiger partial charge in [0.15, 0.2) is 5.69 Å². The summed E-state index contributed by atoms with van der Waals surface area (Å²) >= 11 is 0. The van der Waals surface area contributed by atoms with E-state index in [4.69, 9.17) is 5.84 Å². The second-order valence-corrected chi connectivity index (χ2v) is 1.53. The Hall–Kier alpha value is -1.63. The number of nitro groups is 1. The summed E-state index contributed by atoms with van der Waals surface area (Å²) in [6, 6.07) is 0.